The molecule has 0 saturated carbocycles. The van der Waals surface area contributed by atoms with Gasteiger partial charge in [0.25, 0.3) is 0 Å². The van der Waals surface area contributed by atoms with E-state index in [9.17, 15) is 24.3 Å². The monoisotopic (exact) mass is 666 g/mol. The van der Waals surface area contributed by atoms with Gasteiger partial charge in [0.15, 0.2) is 0 Å². The van der Waals surface area contributed by atoms with Gasteiger partial charge in [0.2, 0.25) is 0 Å². The van der Waals surface area contributed by atoms with Crippen molar-refractivity contribution in [2.45, 2.75) is 98.1 Å². The van der Waals surface area contributed by atoms with Crippen LogP contribution in [0.5, 0.6) is 0 Å². The predicted molar refractivity (Wildman–Crippen MR) is 155 cm³/mol. The largest absolute Gasteiger partial charge is 1.00 e. The fraction of sp³-hybridized carbons (Fsp3) is 0.852. The van der Waals surface area contributed by atoms with E-state index in [0.717, 1.165) is 0 Å². The Labute approximate surface area is 278 Å². The minimum absolute atomic E-state index is 0. The maximum Gasteiger partial charge on any atom is 1.00 e. The molecule has 14 heteroatoms. The average Bonchev–Trinajstić information content (AvgIpc) is 2.86. The zero-order valence-corrected chi connectivity index (χ0v) is 29.2. The Kier molecular flexibility index (Phi) is 24.2. The molecule has 0 aromatic heterocycles. The fourth-order valence-electron chi connectivity index (χ4n) is 3.21. The molecule has 1 N–H and O–H groups in total. The molecule has 2 saturated heterocycles. The number of ether oxygens (including phenoxy) is 5. The number of carbonyl (C=O) groups excluding carboxylic acids is 4. The molecule has 238 valence electrons. The van der Waals surface area contributed by atoms with E-state index in [4.69, 9.17) is 14.2 Å². The van der Waals surface area contributed by atoms with Gasteiger partial charge in [0.05, 0.1) is 26.4 Å². The second kappa shape index (κ2) is 22.4. The summed E-state index contributed by atoms with van der Waals surface area (Å²) in [6.07, 6.45) is 1.89. The summed E-state index contributed by atoms with van der Waals surface area (Å²) in [5.74, 6) is -0.621. The van der Waals surface area contributed by atoms with Crippen LogP contribution < -0.4 is 29.6 Å². The topological polar surface area (TPSA) is 141 Å². The number of methoxy groups -OCH3 is 2. The molecule has 2 aliphatic heterocycles. The zero-order chi connectivity index (χ0) is 30.2. The van der Waals surface area contributed by atoms with Gasteiger partial charge in [-0.15, -0.1) is 0 Å². The second-order valence-electron chi connectivity index (χ2n) is 11.0. The van der Waals surface area contributed by atoms with Crippen LogP contribution in [0.3, 0.4) is 0 Å². The van der Waals surface area contributed by atoms with Gasteiger partial charge in [0, 0.05) is 26.2 Å². The van der Waals surface area contributed by atoms with E-state index < -0.39 is 11.2 Å². The summed E-state index contributed by atoms with van der Waals surface area (Å²) < 4.78 is 24.6. The third-order valence-electron chi connectivity index (χ3n) is 5.21. The fourth-order valence-corrected chi connectivity index (χ4v) is 3.43. The number of hydrogen-bond donors (Lipinski definition) is 1. The summed E-state index contributed by atoms with van der Waals surface area (Å²) in [6, 6.07) is 0. The number of aliphatic hydroxyl groups excluding tert-OH is 1. The summed E-state index contributed by atoms with van der Waals surface area (Å²) in [5.41, 5.74) is -0.914. The molecule has 0 aliphatic carbocycles. The van der Waals surface area contributed by atoms with Crippen LogP contribution in [0.4, 0.5) is 9.59 Å². The molecule has 0 radical (unpaired) electrons. The van der Waals surface area contributed by atoms with Crippen LogP contribution in [0, 0.1) is 0 Å². The Hall–Kier alpha value is -1.12. The molecule has 2 heterocycles. The van der Waals surface area contributed by atoms with Gasteiger partial charge >= 0.3 is 53.7 Å². The number of likely N-dealkylation sites (tertiary alicyclic amines) is 2. The third-order valence-corrected chi connectivity index (χ3v) is 5.67. The molecule has 41 heavy (non-hydrogen) atoms. The van der Waals surface area contributed by atoms with Crippen molar-refractivity contribution in [2.75, 3.05) is 52.3 Å². The van der Waals surface area contributed by atoms with Crippen LogP contribution >= 0.6 is 15.9 Å². The van der Waals surface area contributed by atoms with E-state index in [1.54, 1.807) is 9.80 Å². The number of alkyl halides is 1. The molecule has 0 unspecified atom stereocenters. The van der Waals surface area contributed by atoms with E-state index in [-0.39, 0.29) is 86.7 Å². The van der Waals surface area contributed by atoms with Crippen LogP contribution in [-0.4, -0.2) is 115 Å². The Morgan fingerprint density at radius 2 is 1.15 bits per heavy atom. The van der Waals surface area contributed by atoms with Gasteiger partial charge in [-0.05, 0) is 67.2 Å². The van der Waals surface area contributed by atoms with Crippen molar-refractivity contribution in [3.8, 4) is 0 Å². The third kappa shape index (κ3) is 23.1. The zero-order valence-electron chi connectivity index (χ0n) is 26.6. The van der Waals surface area contributed by atoms with Crippen LogP contribution in [-0.2, 0) is 33.3 Å². The van der Waals surface area contributed by atoms with Crippen molar-refractivity contribution in [3.05, 3.63) is 0 Å². The van der Waals surface area contributed by atoms with Crippen LogP contribution in [0.15, 0.2) is 0 Å². The first kappa shape index (κ1) is 44.3. The number of piperidine rings is 2. The summed E-state index contributed by atoms with van der Waals surface area (Å²) in [7, 11) is 2.68. The molecular weight excluding hydrogens is 615 g/mol. The molecule has 2 rings (SSSR count). The summed E-state index contributed by atoms with van der Waals surface area (Å²) >= 11 is 2.90. The van der Waals surface area contributed by atoms with Crippen molar-refractivity contribution < 1.29 is 79.0 Å². The van der Waals surface area contributed by atoms with Crippen LogP contribution in [0.2, 0.25) is 0 Å². The van der Waals surface area contributed by atoms with Crippen molar-refractivity contribution in [2.24, 2.45) is 0 Å². The number of hydrogen-bond acceptors (Lipinski definition) is 10. The molecule has 0 atom stereocenters. The van der Waals surface area contributed by atoms with Crippen molar-refractivity contribution in [1.29, 1.82) is 0 Å². The molecular formula is C27H52BrN2NaO10. The quantitative estimate of drug-likeness (QED) is 0.202. The molecule has 0 aromatic carbocycles. The standard InChI is InChI=1S/C13H23NO5.C10H19NO3.C3H5BrO2.CH4.Na.H/c1-13(2,3)19-12(16)14-7-5-10(6-8-14)18-9-11(15)17-4;1-10(2,3)14-9(13)11-6-4-8(12)5-7-11;1-6-3(5)2-4;;;/h10H,5-9H2,1-4H3;8,12H,4-7H2,1-3H3;2H2,1H3;1H4;;/q;;;;+1;-1. The van der Waals surface area contributed by atoms with Crippen LogP contribution in [0.1, 0.15) is 76.1 Å². The van der Waals surface area contributed by atoms with Gasteiger partial charge in [-0.3, -0.25) is 4.79 Å². The smallest absolute Gasteiger partial charge is 1.00 e. The number of nitrogens with zero attached hydrogens (tertiary/aromatic N) is 2. The van der Waals surface area contributed by atoms with Crippen molar-refractivity contribution in [3.63, 3.8) is 0 Å². The Balaban J connectivity index is -0.000000278. The number of amides is 2. The average molecular weight is 668 g/mol. The number of aliphatic hydroxyl groups is 1. The van der Waals surface area contributed by atoms with E-state index in [1.165, 1.54) is 14.2 Å². The van der Waals surface area contributed by atoms with Gasteiger partial charge in [-0.1, -0.05) is 23.4 Å². The van der Waals surface area contributed by atoms with E-state index in [2.05, 4.69) is 25.4 Å². The first-order valence-corrected chi connectivity index (χ1v) is 14.1. The summed E-state index contributed by atoms with van der Waals surface area (Å²) in [6.45, 7) is 13.4. The van der Waals surface area contributed by atoms with E-state index in [0.29, 0.717) is 51.9 Å². The number of halogens is 1. The Morgan fingerprint density at radius 1 is 0.780 bits per heavy atom. The van der Waals surface area contributed by atoms with Crippen LogP contribution in [0.25, 0.3) is 0 Å². The van der Waals surface area contributed by atoms with Gasteiger partial charge in [-0.25, -0.2) is 14.4 Å². The number of esters is 2. The van der Waals surface area contributed by atoms with Crippen molar-refractivity contribution in [1.82, 2.24) is 9.80 Å². The molecule has 0 spiro atoms. The molecule has 0 bridgehead atoms. The SMILES string of the molecule is C.CC(C)(C)OC(=O)N1CCC(O)CC1.COC(=O)CBr.COC(=O)COC1CCN(C(=O)OC(C)(C)C)CC1.[H-].[Na+]. The molecule has 2 aliphatic rings. The molecule has 2 amide bonds. The van der Waals surface area contributed by atoms with Gasteiger partial charge < -0.3 is 40.0 Å². The normalized spacial score (nSPS) is 15.8. The summed E-state index contributed by atoms with van der Waals surface area (Å²) in [4.78, 5) is 47.5. The molecule has 0 aromatic rings. The first-order chi connectivity index (χ1) is 18.0. The minimum atomic E-state index is -0.477. The van der Waals surface area contributed by atoms with Gasteiger partial charge in [0.1, 0.15) is 23.1 Å². The van der Waals surface area contributed by atoms with E-state index in [1.807, 2.05) is 41.5 Å². The van der Waals surface area contributed by atoms with E-state index >= 15 is 0 Å². The number of rotatable bonds is 4. The maximum atomic E-state index is 11.8. The summed E-state index contributed by atoms with van der Waals surface area (Å²) in [5, 5.41) is 9.54. The molecule has 2 fully saturated rings. The predicted octanol–water partition coefficient (Wildman–Crippen LogP) is 1.26. The Bertz CT molecular complexity index is 759. The Morgan fingerprint density at radius 3 is 1.44 bits per heavy atom. The molecule has 12 nitrogen and oxygen atoms in total. The maximum absolute atomic E-state index is 11.8. The second-order valence-corrected chi connectivity index (χ2v) is 11.5. The van der Waals surface area contributed by atoms with Crippen molar-refractivity contribution >= 4 is 40.1 Å². The number of carbonyl (C=O) groups is 4. The van der Waals surface area contributed by atoms with Gasteiger partial charge in [-0.2, -0.15) is 0 Å². The first-order valence-electron chi connectivity index (χ1n) is 13.0. The minimum Gasteiger partial charge on any atom is -1.00 e.